The van der Waals surface area contributed by atoms with Gasteiger partial charge in [0.05, 0.1) is 13.3 Å². The van der Waals surface area contributed by atoms with E-state index in [1.807, 2.05) is 97.1 Å². The van der Waals surface area contributed by atoms with Gasteiger partial charge in [0.1, 0.15) is 72.9 Å². The number of nitrogens with zero attached hydrogens (tertiary/aromatic N) is 4. The minimum atomic E-state index is 0.534. The predicted molar refractivity (Wildman–Crippen MR) is 264 cm³/mol. The van der Waals surface area contributed by atoms with Crippen LogP contribution in [0.1, 0.15) is 22.3 Å². The van der Waals surface area contributed by atoms with E-state index in [1.54, 1.807) is 0 Å². The molecular weight excluding hydrogens is 849 g/mol. The number of hydrogen-bond acceptors (Lipinski definition) is 10. The summed E-state index contributed by atoms with van der Waals surface area (Å²) in [6.45, 7) is 7.06. The van der Waals surface area contributed by atoms with Crippen LogP contribution in [-0.4, -0.2) is 59.9 Å². The molecule has 68 heavy (non-hydrogen) atoms. The molecule has 0 atom stereocenters. The Morgan fingerprint density at radius 2 is 0.603 bits per heavy atom. The van der Waals surface area contributed by atoms with E-state index in [0.29, 0.717) is 26.9 Å². The molecule has 10 nitrogen and oxygen atoms in total. The van der Waals surface area contributed by atoms with Crippen LogP contribution in [0.4, 0.5) is 0 Å². The van der Waals surface area contributed by atoms with Crippen molar-refractivity contribution in [1.82, 2.24) is 19.6 Å². The summed E-state index contributed by atoms with van der Waals surface area (Å²) >= 11 is 0. The minimum Gasteiger partial charge on any atom is -0.478 e. The van der Waals surface area contributed by atoms with Gasteiger partial charge in [-0.3, -0.25) is 19.6 Å². The van der Waals surface area contributed by atoms with Crippen LogP contribution in [0, 0.1) is 0 Å². The van der Waals surface area contributed by atoms with E-state index in [0.717, 1.165) is 96.6 Å². The molecule has 0 bridgehead atoms. The van der Waals surface area contributed by atoms with Crippen molar-refractivity contribution in [3.8, 4) is 68.2 Å². The fourth-order valence-corrected chi connectivity index (χ4v) is 9.04. The Balaban J connectivity index is 0.000000149. The van der Waals surface area contributed by atoms with Crippen LogP contribution in [0.5, 0.6) is 46.0 Å². The average Bonchev–Trinajstić information content (AvgIpc) is 3.39. The smallest absolute Gasteiger partial charge is 0.143 e. The molecule has 0 saturated heterocycles. The van der Waals surface area contributed by atoms with Crippen LogP contribution >= 0.6 is 0 Å². The maximum atomic E-state index is 6.07. The Labute approximate surface area is 397 Å². The Kier molecular flexibility index (Phi) is 12.7. The summed E-state index contributed by atoms with van der Waals surface area (Å²) < 4.78 is 36.2. The van der Waals surface area contributed by atoms with Crippen LogP contribution in [0.25, 0.3) is 22.3 Å². The van der Waals surface area contributed by atoms with Gasteiger partial charge < -0.3 is 28.4 Å². The quantitative estimate of drug-likeness (QED) is 0.133. The van der Waals surface area contributed by atoms with E-state index in [2.05, 4.69) is 117 Å². The summed E-state index contributed by atoms with van der Waals surface area (Å²) in [5.74, 6) is 7.04. The Bertz CT molecular complexity index is 2760. The van der Waals surface area contributed by atoms with Gasteiger partial charge in [-0.15, -0.1) is 0 Å². The molecular formula is C58H52N4O6. The molecule has 340 valence electrons. The number of para-hydroxylation sites is 2. The van der Waals surface area contributed by atoms with Crippen molar-refractivity contribution in [2.75, 3.05) is 40.3 Å². The topological polar surface area (TPSA) is 68.3 Å². The van der Waals surface area contributed by atoms with Crippen molar-refractivity contribution in [1.29, 1.82) is 0 Å². The molecule has 0 unspecified atom stereocenters. The summed E-state index contributed by atoms with van der Waals surface area (Å²) in [4.78, 5) is 9.17. The van der Waals surface area contributed by atoms with Gasteiger partial charge in [-0.25, -0.2) is 0 Å². The lowest BCUT2D eigenvalue weighted by atomic mass is 10.0. The molecule has 0 fully saturated rings. The van der Waals surface area contributed by atoms with E-state index >= 15 is 0 Å². The van der Waals surface area contributed by atoms with Gasteiger partial charge in [0.15, 0.2) is 0 Å². The minimum absolute atomic E-state index is 0.534. The molecule has 0 aliphatic carbocycles. The molecule has 0 N–H and O–H groups in total. The van der Waals surface area contributed by atoms with Crippen LogP contribution in [0.15, 0.2) is 194 Å². The third-order valence-electron chi connectivity index (χ3n) is 12.3. The highest BCUT2D eigenvalue weighted by Gasteiger charge is 2.26. The second kappa shape index (κ2) is 20.1. The average molecular weight is 901 g/mol. The lowest BCUT2D eigenvalue weighted by Crippen LogP contribution is -2.44. The molecule has 4 aliphatic heterocycles. The highest BCUT2D eigenvalue weighted by atomic mass is 16.5. The van der Waals surface area contributed by atoms with E-state index in [1.165, 1.54) is 33.4 Å². The number of benzene rings is 8. The molecule has 0 spiro atoms. The summed E-state index contributed by atoms with van der Waals surface area (Å²) in [6, 6.07) is 65.6. The van der Waals surface area contributed by atoms with Crippen molar-refractivity contribution in [3.05, 3.63) is 216 Å². The van der Waals surface area contributed by atoms with Gasteiger partial charge in [0.25, 0.3) is 0 Å². The van der Waals surface area contributed by atoms with E-state index < -0.39 is 0 Å². The number of fused-ring (bicyclic) bond motifs is 4. The Hall–Kier alpha value is -7.60. The highest BCUT2D eigenvalue weighted by Crippen LogP contribution is 2.36. The monoisotopic (exact) mass is 900 g/mol. The first-order chi connectivity index (χ1) is 33.6. The van der Waals surface area contributed by atoms with Gasteiger partial charge in [0.2, 0.25) is 0 Å². The van der Waals surface area contributed by atoms with Gasteiger partial charge in [-0.05, 0) is 107 Å². The zero-order chi connectivity index (χ0) is 45.5. The highest BCUT2D eigenvalue weighted by molar-refractivity contribution is 5.67. The third kappa shape index (κ3) is 10.3. The molecule has 4 aliphatic rings. The van der Waals surface area contributed by atoms with Crippen LogP contribution in [0.2, 0.25) is 0 Å². The first-order valence-electron chi connectivity index (χ1n) is 23.1. The van der Waals surface area contributed by atoms with Crippen LogP contribution in [0.3, 0.4) is 0 Å². The number of ether oxygens (including phenoxy) is 6. The van der Waals surface area contributed by atoms with Crippen LogP contribution in [-0.2, 0) is 26.2 Å². The summed E-state index contributed by atoms with van der Waals surface area (Å²) in [5.41, 5.74) is 9.59. The maximum Gasteiger partial charge on any atom is 0.143 e. The standard InChI is InChI=1S/C29H26N2O4.C29H26N2O2/c1-3-7-24(8-4-1)34-26-11-13-28-22(15-26)17-30(20-32-28)19-31-18-23-16-27(12-14-29(23)33-21-31)35-25-9-5-2-6-10-25;1-3-7-22(8-4-1)24-11-13-28-26(15-24)17-30(20-32-28)19-31-18-27-16-25(12-14-29(27)33-21-31)23-9-5-2-6-10-23/h1-16H,17-21H2;1-16H,17-21H2. The first-order valence-corrected chi connectivity index (χ1v) is 23.1. The largest absolute Gasteiger partial charge is 0.478 e. The molecule has 0 aromatic heterocycles. The molecule has 0 radical (unpaired) electrons. The van der Waals surface area contributed by atoms with Crippen molar-refractivity contribution in [2.45, 2.75) is 26.2 Å². The molecule has 4 heterocycles. The van der Waals surface area contributed by atoms with Gasteiger partial charge in [-0.1, -0.05) is 109 Å². The van der Waals surface area contributed by atoms with Crippen LogP contribution < -0.4 is 28.4 Å². The zero-order valence-electron chi connectivity index (χ0n) is 37.8. The molecule has 8 aromatic rings. The second-order valence-electron chi connectivity index (χ2n) is 17.4. The van der Waals surface area contributed by atoms with Gasteiger partial charge in [-0.2, -0.15) is 0 Å². The fraction of sp³-hybridized carbons (Fsp3) is 0.172. The van der Waals surface area contributed by atoms with Crippen molar-refractivity contribution in [3.63, 3.8) is 0 Å². The first kappa shape index (κ1) is 43.0. The zero-order valence-corrected chi connectivity index (χ0v) is 37.8. The van der Waals surface area contributed by atoms with E-state index in [4.69, 9.17) is 28.4 Å². The number of rotatable bonds is 10. The summed E-state index contributed by atoms with van der Waals surface area (Å²) in [5, 5.41) is 0. The third-order valence-corrected chi connectivity index (χ3v) is 12.3. The lowest BCUT2D eigenvalue weighted by molar-refractivity contribution is -0.00353. The van der Waals surface area contributed by atoms with Gasteiger partial charge in [0, 0.05) is 48.4 Å². The molecule has 8 aromatic carbocycles. The SMILES string of the molecule is c1ccc(-c2ccc3c(c2)CN(CN2COc4ccc(-c5ccccc5)cc4C2)CO3)cc1.c1ccc(Oc2ccc3c(c2)CN(CN2COc4ccc(Oc5ccccc5)cc4C2)CO3)cc1. The Morgan fingerprint density at radius 1 is 0.294 bits per heavy atom. The summed E-state index contributed by atoms with van der Waals surface area (Å²) in [7, 11) is 0. The van der Waals surface area contributed by atoms with Crippen molar-refractivity contribution < 1.29 is 28.4 Å². The normalized spacial score (nSPS) is 15.5. The van der Waals surface area contributed by atoms with Crippen molar-refractivity contribution >= 4 is 0 Å². The Morgan fingerprint density at radius 3 is 0.956 bits per heavy atom. The fourth-order valence-electron chi connectivity index (χ4n) is 9.04. The predicted octanol–water partition coefficient (Wildman–Crippen LogP) is 12.2. The molecule has 0 amide bonds. The summed E-state index contributed by atoms with van der Waals surface area (Å²) in [6.07, 6.45) is 0. The van der Waals surface area contributed by atoms with Crippen molar-refractivity contribution in [2.24, 2.45) is 0 Å². The molecule has 0 saturated carbocycles. The van der Waals surface area contributed by atoms with Gasteiger partial charge >= 0.3 is 0 Å². The maximum absolute atomic E-state index is 6.07. The molecule has 10 heteroatoms. The lowest BCUT2D eigenvalue weighted by Gasteiger charge is -2.36. The van der Waals surface area contributed by atoms with E-state index in [-0.39, 0.29) is 0 Å². The number of hydrogen-bond donors (Lipinski definition) is 0. The second-order valence-corrected chi connectivity index (χ2v) is 17.4. The van der Waals surface area contributed by atoms with E-state index in [9.17, 15) is 0 Å². The molecule has 12 rings (SSSR count).